The van der Waals surface area contributed by atoms with Crippen molar-refractivity contribution in [1.29, 1.82) is 0 Å². The van der Waals surface area contributed by atoms with Gasteiger partial charge in [-0.1, -0.05) is 49.4 Å². The Balaban J connectivity index is 0.00000400. The summed E-state index contributed by atoms with van der Waals surface area (Å²) in [5, 5.41) is 2.90. The molecule has 0 aliphatic carbocycles. The molecular weight excluding hydrogens is 500 g/mol. The van der Waals surface area contributed by atoms with E-state index in [0.29, 0.717) is 37.2 Å². The van der Waals surface area contributed by atoms with Gasteiger partial charge < -0.3 is 15.1 Å². The highest BCUT2D eigenvalue weighted by Gasteiger charge is 2.42. The number of anilines is 2. The molecule has 200 valence electrons. The predicted octanol–water partition coefficient (Wildman–Crippen LogP) is 5.21. The molecular formula is C30H35ClN4O3. The second kappa shape index (κ2) is 12.2. The highest BCUT2D eigenvalue weighted by Crippen LogP contribution is 2.37. The molecule has 3 aromatic rings. The SMILES string of the molecule is CCC(c1ccc2c(c1)N(C)C(=O)C(C)(C)C(=O)N2)N(CCc1cccnc1)C(=O)Cc1ccccc1.Cl. The van der Waals surface area contributed by atoms with Gasteiger partial charge >= 0.3 is 0 Å². The first-order valence-corrected chi connectivity index (χ1v) is 12.7. The van der Waals surface area contributed by atoms with Crippen LogP contribution < -0.4 is 10.2 Å². The maximum atomic E-state index is 13.7. The molecule has 1 aliphatic rings. The van der Waals surface area contributed by atoms with E-state index in [4.69, 9.17) is 0 Å². The molecule has 3 amide bonds. The Labute approximate surface area is 230 Å². The topological polar surface area (TPSA) is 82.6 Å². The highest BCUT2D eigenvalue weighted by atomic mass is 35.5. The summed E-state index contributed by atoms with van der Waals surface area (Å²) < 4.78 is 0. The molecule has 8 heteroatoms. The molecule has 0 bridgehead atoms. The van der Waals surface area contributed by atoms with E-state index in [-0.39, 0.29) is 36.2 Å². The number of nitrogens with zero attached hydrogens (tertiary/aromatic N) is 3. The van der Waals surface area contributed by atoms with Crippen molar-refractivity contribution in [1.82, 2.24) is 9.88 Å². The third-order valence-corrected chi connectivity index (χ3v) is 7.07. The van der Waals surface area contributed by atoms with Gasteiger partial charge in [0, 0.05) is 26.0 Å². The molecule has 1 unspecified atom stereocenters. The maximum Gasteiger partial charge on any atom is 0.241 e. The molecule has 2 heterocycles. The Kier molecular flexibility index (Phi) is 9.28. The molecule has 1 aliphatic heterocycles. The number of fused-ring (bicyclic) bond motifs is 1. The number of rotatable bonds is 8. The minimum absolute atomic E-state index is 0. The van der Waals surface area contributed by atoms with Gasteiger partial charge in [-0.25, -0.2) is 0 Å². The van der Waals surface area contributed by atoms with E-state index < -0.39 is 5.41 Å². The molecule has 1 aromatic heterocycles. The number of benzene rings is 2. The Morgan fingerprint density at radius 1 is 1.05 bits per heavy atom. The number of hydrogen-bond donors (Lipinski definition) is 1. The average molecular weight is 535 g/mol. The molecule has 2 aromatic carbocycles. The summed E-state index contributed by atoms with van der Waals surface area (Å²) in [6.45, 7) is 5.85. The van der Waals surface area contributed by atoms with Crippen LogP contribution in [-0.4, -0.2) is 41.2 Å². The lowest BCUT2D eigenvalue weighted by Crippen LogP contribution is -2.43. The van der Waals surface area contributed by atoms with Crippen LogP contribution in [0.25, 0.3) is 0 Å². The molecule has 0 spiro atoms. The molecule has 7 nitrogen and oxygen atoms in total. The van der Waals surface area contributed by atoms with E-state index in [2.05, 4.69) is 17.2 Å². The minimum atomic E-state index is -1.18. The van der Waals surface area contributed by atoms with Crippen LogP contribution in [0.15, 0.2) is 73.1 Å². The van der Waals surface area contributed by atoms with Crippen molar-refractivity contribution in [3.05, 3.63) is 89.7 Å². The van der Waals surface area contributed by atoms with Crippen molar-refractivity contribution in [2.75, 3.05) is 23.8 Å². The quantitative estimate of drug-likeness (QED) is 0.402. The largest absolute Gasteiger partial charge is 0.335 e. The smallest absolute Gasteiger partial charge is 0.241 e. The fourth-order valence-electron chi connectivity index (χ4n) is 4.80. The summed E-state index contributed by atoms with van der Waals surface area (Å²) in [6, 6.07) is 19.2. The van der Waals surface area contributed by atoms with E-state index in [1.807, 2.05) is 71.8 Å². The lowest BCUT2D eigenvalue weighted by atomic mass is 9.91. The van der Waals surface area contributed by atoms with E-state index in [0.717, 1.165) is 16.7 Å². The number of halogens is 1. The number of hydrogen-bond acceptors (Lipinski definition) is 4. The molecule has 1 N–H and O–H groups in total. The van der Waals surface area contributed by atoms with Gasteiger partial charge in [-0.05, 0) is 61.6 Å². The first kappa shape index (κ1) is 28.9. The third kappa shape index (κ3) is 6.05. The Hall–Kier alpha value is -3.71. The van der Waals surface area contributed by atoms with Crippen LogP contribution in [0.5, 0.6) is 0 Å². The summed E-state index contributed by atoms with van der Waals surface area (Å²) in [5.41, 5.74) is 2.98. The van der Waals surface area contributed by atoms with Crippen molar-refractivity contribution in [3.8, 4) is 0 Å². The van der Waals surface area contributed by atoms with Crippen molar-refractivity contribution >= 4 is 41.5 Å². The van der Waals surface area contributed by atoms with Crippen molar-refractivity contribution in [3.63, 3.8) is 0 Å². The van der Waals surface area contributed by atoms with Crippen LogP contribution in [0, 0.1) is 5.41 Å². The number of carbonyl (C=O) groups is 3. The van der Waals surface area contributed by atoms with E-state index in [9.17, 15) is 14.4 Å². The molecule has 1 atom stereocenters. The first-order valence-electron chi connectivity index (χ1n) is 12.7. The van der Waals surface area contributed by atoms with Gasteiger partial charge in [0.05, 0.1) is 23.8 Å². The number of nitrogens with one attached hydrogen (secondary N) is 1. The zero-order chi connectivity index (χ0) is 26.6. The van der Waals surface area contributed by atoms with Gasteiger partial charge in [-0.2, -0.15) is 0 Å². The van der Waals surface area contributed by atoms with Gasteiger partial charge in [0.1, 0.15) is 5.41 Å². The van der Waals surface area contributed by atoms with Gasteiger partial charge in [-0.15, -0.1) is 12.4 Å². The van der Waals surface area contributed by atoms with Crippen LogP contribution in [0.4, 0.5) is 11.4 Å². The van der Waals surface area contributed by atoms with E-state index in [1.165, 1.54) is 4.90 Å². The predicted molar refractivity (Wildman–Crippen MR) is 152 cm³/mol. The third-order valence-electron chi connectivity index (χ3n) is 7.07. The summed E-state index contributed by atoms with van der Waals surface area (Å²) in [7, 11) is 1.69. The number of pyridine rings is 1. The lowest BCUT2D eigenvalue weighted by Gasteiger charge is -2.33. The average Bonchev–Trinajstić information content (AvgIpc) is 2.96. The zero-order valence-electron chi connectivity index (χ0n) is 22.3. The Morgan fingerprint density at radius 3 is 2.42 bits per heavy atom. The maximum absolute atomic E-state index is 13.7. The normalized spacial score (nSPS) is 15.0. The fourth-order valence-corrected chi connectivity index (χ4v) is 4.80. The lowest BCUT2D eigenvalue weighted by molar-refractivity contribution is -0.136. The molecule has 38 heavy (non-hydrogen) atoms. The van der Waals surface area contributed by atoms with Crippen LogP contribution in [0.3, 0.4) is 0 Å². The monoisotopic (exact) mass is 534 g/mol. The Bertz CT molecular complexity index is 1280. The van der Waals surface area contributed by atoms with Crippen molar-refractivity contribution in [2.24, 2.45) is 5.41 Å². The van der Waals surface area contributed by atoms with Crippen LogP contribution >= 0.6 is 12.4 Å². The number of aromatic nitrogens is 1. The second-order valence-electron chi connectivity index (χ2n) is 10.0. The standard InChI is InChI=1S/C30H34N4O3.ClH/c1-5-25(23-13-14-24-26(19-23)33(4)29(37)30(2,3)28(36)32-24)34(17-15-22-12-9-16-31-20-22)27(35)18-21-10-7-6-8-11-21;/h6-14,16,19-20,25H,5,15,17-18H2,1-4H3,(H,32,36);1H. The fraction of sp³-hybridized carbons (Fsp3) is 0.333. The van der Waals surface area contributed by atoms with Gasteiger partial charge in [0.15, 0.2) is 0 Å². The summed E-state index contributed by atoms with van der Waals surface area (Å²) in [5.74, 6) is -0.572. The first-order chi connectivity index (χ1) is 17.7. The van der Waals surface area contributed by atoms with Crippen LogP contribution in [0.1, 0.15) is 49.9 Å². The molecule has 0 radical (unpaired) electrons. The van der Waals surface area contributed by atoms with Gasteiger partial charge in [0.25, 0.3) is 0 Å². The number of amides is 3. The minimum Gasteiger partial charge on any atom is -0.335 e. The Morgan fingerprint density at radius 2 is 1.76 bits per heavy atom. The zero-order valence-corrected chi connectivity index (χ0v) is 23.1. The van der Waals surface area contributed by atoms with Crippen molar-refractivity contribution < 1.29 is 14.4 Å². The van der Waals surface area contributed by atoms with Crippen LogP contribution in [0.2, 0.25) is 0 Å². The molecule has 0 saturated carbocycles. The molecule has 0 saturated heterocycles. The van der Waals surface area contributed by atoms with E-state index in [1.54, 1.807) is 27.1 Å². The summed E-state index contributed by atoms with van der Waals surface area (Å²) in [6.07, 6.45) is 5.25. The van der Waals surface area contributed by atoms with Gasteiger partial charge in [0.2, 0.25) is 17.7 Å². The van der Waals surface area contributed by atoms with Gasteiger partial charge in [-0.3, -0.25) is 19.4 Å². The van der Waals surface area contributed by atoms with Crippen LogP contribution in [-0.2, 0) is 27.2 Å². The number of carbonyl (C=O) groups excluding carboxylic acids is 3. The van der Waals surface area contributed by atoms with E-state index >= 15 is 0 Å². The van der Waals surface area contributed by atoms with Crippen molar-refractivity contribution in [2.45, 2.75) is 46.1 Å². The highest BCUT2D eigenvalue weighted by molar-refractivity contribution is 6.19. The molecule has 0 fully saturated rings. The molecule has 4 rings (SSSR count). The summed E-state index contributed by atoms with van der Waals surface area (Å²) >= 11 is 0. The summed E-state index contributed by atoms with van der Waals surface area (Å²) in [4.78, 5) is 47.2. The second-order valence-corrected chi connectivity index (χ2v) is 10.0.